The third kappa shape index (κ3) is 3.12. The Morgan fingerprint density at radius 1 is 1.36 bits per heavy atom. The molecule has 1 aromatic rings. The van der Waals surface area contributed by atoms with Gasteiger partial charge in [0.05, 0.1) is 5.41 Å². The molecular formula is C17H21ClN2O2. The van der Waals surface area contributed by atoms with Gasteiger partial charge in [0.1, 0.15) is 0 Å². The number of likely N-dealkylation sites (tertiary alicyclic amines) is 1. The quantitative estimate of drug-likeness (QED) is 0.929. The smallest absolute Gasteiger partial charge is 0.228 e. The Balaban J connectivity index is 1.56. The van der Waals surface area contributed by atoms with E-state index in [2.05, 4.69) is 5.32 Å². The molecule has 1 aromatic carbocycles. The van der Waals surface area contributed by atoms with Crippen LogP contribution in [0.5, 0.6) is 0 Å². The van der Waals surface area contributed by atoms with Crippen molar-refractivity contribution in [1.29, 1.82) is 0 Å². The standard InChI is InChI=1S/C17H21ClN2O2/c18-14-4-1-3-13(11-14)5-6-15(21)20-10-8-17(12-20)7-2-9-19-16(17)22/h1,3-4,11H,2,5-10,12H2,(H,19,22). The number of hydrogen-bond donors (Lipinski definition) is 1. The SMILES string of the molecule is O=C(CCc1cccc(Cl)c1)N1CCC2(CCCNC2=O)C1. The van der Waals surface area contributed by atoms with Gasteiger partial charge in [-0.3, -0.25) is 9.59 Å². The average Bonchev–Trinajstić information content (AvgIpc) is 2.93. The number of benzene rings is 1. The molecule has 0 saturated carbocycles. The van der Waals surface area contributed by atoms with Gasteiger partial charge in [-0.25, -0.2) is 0 Å². The Bertz CT molecular complexity index is 590. The number of carbonyl (C=O) groups is 2. The molecule has 1 atom stereocenters. The van der Waals surface area contributed by atoms with Crippen LogP contribution >= 0.6 is 11.6 Å². The molecule has 1 spiro atoms. The first-order chi connectivity index (χ1) is 10.6. The zero-order valence-corrected chi connectivity index (χ0v) is 13.4. The predicted molar refractivity (Wildman–Crippen MR) is 85.6 cm³/mol. The molecule has 2 fully saturated rings. The van der Waals surface area contributed by atoms with Gasteiger partial charge in [-0.2, -0.15) is 0 Å². The van der Waals surface area contributed by atoms with Crippen molar-refractivity contribution in [2.45, 2.75) is 32.1 Å². The Kier molecular flexibility index (Phi) is 4.39. The van der Waals surface area contributed by atoms with E-state index >= 15 is 0 Å². The molecule has 2 heterocycles. The number of amides is 2. The van der Waals surface area contributed by atoms with Crippen LogP contribution in [0.2, 0.25) is 5.02 Å². The summed E-state index contributed by atoms with van der Waals surface area (Å²) in [5.74, 6) is 0.263. The Labute approximate surface area is 135 Å². The molecule has 0 aliphatic carbocycles. The monoisotopic (exact) mass is 320 g/mol. The molecule has 2 saturated heterocycles. The van der Waals surface area contributed by atoms with E-state index in [1.54, 1.807) is 0 Å². The Morgan fingerprint density at radius 2 is 2.23 bits per heavy atom. The highest BCUT2D eigenvalue weighted by Gasteiger charge is 2.46. The maximum absolute atomic E-state index is 12.4. The van der Waals surface area contributed by atoms with E-state index in [9.17, 15) is 9.59 Å². The summed E-state index contributed by atoms with van der Waals surface area (Å²) >= 11 is 5.96. The molecule has 2 aliphatic heterocycles. The zero-order chi connectivity index (χ0) is 15.6. The summed E-state index contributed by atoms with van der Waals surface area (Å²) in [5.41, 5.74) is 0.745. The van der Waals surface area contributed by atoms with Gasteiger partial charge in [0, 0.05) is 31.1 Å². The fourth-order valence-corrected chi connectivity index (χ4v) is 3.72. The van der Waals surface area contributed by atoms with Crippen LogP contribution < -0.4 is 5.32 Å². The van der Waals surface area contributed by atoms with Crippen LogP contribution in [0.25, 0.3) is 0 Å². The number of nitrogens with one attached hydrogen (secondary N) is 1. The van der Waals surface area contributed by atoms with Crippen LogP contribution in [-0.4, -0.2) is 36.3 Å². The van der Waals surface area contributed by atoms with E-state index in [4.69, 9.17) is 11.6 Å². The van der Waals surface area contributed by atoms with E-state index in [1.165, 1.54) is 0 Å². The Hall–Kier alpha value is -1.55. The third-order valence-electron chi connectivity index (χ3n) is 4.82. The minimum absolute atomic E-state index is 0.129. The van der Waals surface area contributed by atoms with E-state index in [0.29, 0.717) is 31.0 Å². The molecule has 0 aromatic heterocycles. The van der Waals surface area contributed by atoms with E-state index in [0.717, 1.165) is 31.4 Å². The van der Waals surface area contributed by atoms with Crippen LogP contribution in [0, 0.1) is 5.41 Å². The molecule has 0 bridgehead atoms. The summed E-state index contributed by atoms with van der Waals surface area (Å²) in [5, 5.41) is 3.64. The molecular weight excluding hydrogens is 300 g/mol. The number of nitrogens with zero attached hydrogens (tertiary/aromatic N) is 1. The number of aryl methyl sites for hydroxylation is 1. The second-order valence-corrected chi connectivity index (χ2v) is 6.77. The van der Waals surface area contributed by atoms with Gasteiger partial charge in [0.15, 0.2) is 0 Å². The molecule has 22 heavy (non-hydrogen) atoms. The van der Waals surface area contributed by atoms with E-state index in [-0.39, 0.29) is 17.2 Å². The van der Waals surface area contributed by atoms with Crippen LogP contribution in [0.3, 0.4) is 0 Å². The molecule has 2 aliphatic rings. The number of rotatable bonds is 3. The first kappa shape index (κ1) is 15.3. The van der Waals surface area contributed by atoms with Crippen molar-refractivity contribution in [3.05, 3.63) is 34.9 Å². The highest BCUT2D eigenvalue weighted by molar-refractivity contribution is 6.30. The summed E-state index contributed by atoms with van der Waals surface area (Å²) in [7, 11) is 0. The maximum Gasteiger partial charge on any atom is 0.228 e. The number of hydrogen-bond acceptors (Lipinski definition) is 2. The predicted octanol–water partition coefficient (Wildman–Crippen LogP) is 2.40. The number of halogens is 1. The summed E-state index contributed by atoms with van der Waals surface area (Å²) in [6.45, 7) is 2.04. The van der Waals surface area contributed by atoms with Crippen molar-refractivity contribution in [3.8, 4) is 0 Å². The minimum atomic E-state index is -0.329. The molecule has 3 rings (SSSR count). The van der Waals surface area contributed by atoms with Gasteiger partial charge in [0.25, 0.3) is 0 Å². The van der Waals surface area contributed by atoms with E-state index < -0.39 is 0 Å². The fourth-order valence-electron chi connectivity index (χ4n) is 3.51. The van der Waals surface area contributed by atoms with Crippen molar-refractivity contribution in [3.63, 3.8) is 0 Å². The lowest BCUT2D eigenvalue weighted by Crippen LogP contribution is -2.47. The fraction of sp³-hybridized carbons (Fsp3) is 0.529. The van der Waals surface area contributed by atoms with Crippen molar-refractivity contribution in [2.24, 2.45) is 5.41 Å². The summed E-state index contributed by atoms with van der Waals surface area (Å²) in [6, 6.07) is 7.62. The van der Waals surface area contributed by atoms with Crippen LogP contribution in [-0.2, 0) is 16.0 Å². The first-order valence-electron chi connectivity index (χ1n) is 7.90. The summed E-state index contributed by atoms with van der Waals surface area (Å²) < 4.78 is 0. The first-order valence-corrected chi connectivity index (χ1v) is 8.27. The topological polar surface area (TPSA) is 49.4 Å². The van der Waals surface area contributed by atoms with Crippen LogP contribution in [0.15, 0.2) is 24.3 Å². The Morgan fingerprint density at radius 3 is 3.00 bits per heavy atom. The highest BCUT2D eigenvalue weighted by atomic mass is 35.5. The van der Waals surface area contributed by atoms with Gasteiger partial charge in [0.2, 0.25) is 11.8 Å². The zero-order valence-electron chi connectivity index (χ0n) is 12.6. The van der Waals surface area contributed by atoms with Crippen LogP contribution in [0.4, 0.5) is 0 Å². The van der Waals surface area contributed by atoms with E-state index in [1.807, 2.05) is 29.2 Å². The van der Waals surface area contributed by atoms with Gasteiger partial charge in [-0.1, -0.05) is 23.7 Å². The van der Waals surface area contributed by atoms with Gasteiger partial charge in [-0.05, 0) is 43.4 Å². The summed E-state index contributed by atoms with van der Waals surface area (Å²) in [4.78, 5) is 26.4. The van der Waals surface area contributed by atoms with Gasteiger partial charge in [-0.15, -0.1) is 0 Å². The van der Waals surface area contributed by atoms with Crippen molar-refractivity contribution < 1.29 is 9.59 Å². The number of piperidine rings is 1. The van der Waals surface area contributed by atoms with Crippen molar-refractivity contribution in [1.82, 2.24) is 10.2 Å². The molecule has 4 nitrogen and oxygen atoms in total. The average molecular weight is 321 g/mol. The third-order valence-corrected chi connectivity index (χ3v) is 5.06. The molecule has 0 radical (unpaired) electrons. The lowest BCUT2D eigenvalue weighted by Gasteiger charge is -2.32. The second-order valence-electron chi connectivity index (χ2n) is 6.33. The van der Waals surface area contributed by atoms with Crippen molar-refractivity contribution in [2.75, 3.05) is 19.6 Å². The summed E-state index contributed by atoms with van der Waals surface area (Å²) in [6.07, 6.45) is 3.86. The lowest BCUT2D eigenvalue weighted by molar-refractivity contribution is -0.134. The molecule has 1 N–H and O–H groups in total. The highest BCUT2D eigenvalue weighted by Crippen LogP contribution is 2.37. The second kappa shape index (κ2) is 6.29. The van der Waals surface area contributed by atoms with Gasteiger partial charge < -0.3 is 10.2 Å². The maximum atomic E-state index is 12.4. The van der Waals surface area contributed by atoms with Crippen LogP contribution in [0.1, 0.15) is 31.2 Å². The molecule has 118 valence electrons. The lowest BCUT2D eigenvalue weighted by atomic mass is 9.79. The molecule has 5 heteroatoms. The van der Waals surface area contributed by atoms with Gasteiger partial charge >= 0.3 is 0 Å². The van der Waals surface area contributed by atoms with Crippen molar-refractivity contribution >= 4 is 23.4 Å². The number of carbonyl (C=O) groups excluding carboxylic acids is 2. The molecule has 2 amide bonds. The minimum Gasteiger partial charge on any atom is -0.356 e. The molecule has 1 unspecified atom stereocenters. The normalized spacial score (nSPS) is 24.6. The largest absolute Gasteiger partial charge is 0.356 e.